The van der Waals surface area contributed by atoms with Crippen LogP contribution in [-0.2, 0) is 33.2 Å². The second-order valence-electron chi connectivity index (χ2n) is 8.68. The van der Waals surface area contributed by atoms with Gasteiger partial charge in [-0.25, -0.2) is 0 Å². The zero-order valence-corrected chi connectivity index (χ0v) is 21.7. The van der Waals surface area contributed by atoms with Crippen LogP contribution in [0.15, 0.2) is 66.3 Å². The molecule has 1 unspecified atom stereocenters. The van der Waals surface area contributed by atoms with Crippen molar-refractivity contribution in [3.05, 3.63) is 88.5 Å². The van der Waals surface area contributed by atoms with Gasteiger partial charge in [0.15, 0.2) is 0 Å². The molecule has 3 heteroatoms. The maximum atomic E-state index is 2.65. The van der Waals surface area contributed by atoms with Crippen molar-refractivity contribution in [3.8, 4) is 11.1 Å². The summed E-state index contributed by atoms with van der Waals surface area (Å²) in [4.78, 5) is 0. The van der Waals surface area contributed by atoms with E-state index in [1.54, 1.807) is 33.4 Å². The Bertz CT molecular complexity index is 1060. The Balaban J connectivity index is 0.00000205. The van der Waals surface area contributed by atoms with Crippen molar-refractivity contribution in [1.29, 1.82) is 0 Å². The molecule has 0 fully saturated rings. The first kappa shape index (κ1) is 21.3. The van der Waals surface area contributed by atoms with E-state index in [2.05, 4.69) is 86.8 Å². The zero-order chi connectivity index (χ0) is 19.3. The summed E-state index contributed by atoms with van der Waals surface area (Å²) in [5.41, 5.74) is 10.9. The fourth-order valence-electron chi connectivity index (χ4n) is 5.54. The molecule has 3 aliphatic rings. The normalized spacial score (nSPS) is 19.0. The first-order valence-electron chi connectivity index (χ1n) is 10.6. The van der Waals surface area contributed by atoms with Crippen LogP contribution in [0.5, 0.6) is 0 Å². The van der Waals surface area contributed by atoms with Crippen LogP contribution in [0.4, 0.5) is 0 Å². The molecular weight excluding hydrogens is 467 g/mol. The first-order valence-corrected chi connectivity index (χ1v) is 19.6. The van der Waals surface area contributed by atoms with Crippen LogP contribution in [-0.4, -0.2) is 5.43 Å². The van der Waals surface area contributed by atoms with Crippen molar-refractivity contribution < 1.29 is 32.8 Å². The van der Waals surface area contributed by atoms with E-state index in [1.807, 2.05) is 0 Å². The molecule has 29 heavy (non-hydrogen) atoms. The van der Waals surface area contributed by atoms with E-state index in [0.29, 0.717) is 0 Å². The molecule has 0 N–H and O–H groups in total. The van der Waals surface area contributed by atoms with Crippen LogP contribution in [0, 0.1) is 0 Å². The van der Waals surface area contributed by atoms with Crippen LogP contribution < -0.4 is 12.4 Å². The monoisotopic (exact) mass is 493 g/mol. The minimum absolute atomic E-state index is 0. The van der Waals surface area contributed by atoms with Gasteiger partial charge < -0.3 is 12.4 Å². The summed E-state index contributed by atoms with van der Waals surface area (Å²) in [6, 6.07) is 13.8. The zero-order valence-electron chi connectivity index (χ0n) is 17.5. The molecule has 0 heterocycles. The summed E-state index contributed by atoms with van der Waals surface area (Å²) in [5, 5.41) is 0. The van der Waals surface area contributed by atoms with Gasteiger partial charge in [-0.3, -0.25) is 0 Å². The van der Waals surface area contributed by atoms with E-state index in [-0.39, 0.29) is 17.8 Å². The number of rotatable bonds is 3. The Morgan fingerprint density at radius 1 is 1.00 bits per heavy atom. The largest absolute Gasteiger partial charge is 1.00 e. The molecule has 0 saturated heterocycles. The molecule has 0 nitrogen and oxygen atoms in total. The average Bonchev–Trinajstić information content (AvgIpc) is 3.42. The number of aryl methyl sites for hydroxylation is 1. The van der Waals surface area contributed by atoms with Crippen LogP contribution in [0.3, 0.4) is 0 Å². The summed E-state index contributed by atoms with van der Waals surface area (Å²) in [5.74, 6) is 0. The van der Waals surface area contributed by atoms with Gasteiger partial charge in [-0.05, 0) is 0 Å². The molecule has 2 aromatic carbocycles. The number of fused-ring (bicyclic) bond motifs is 2. The Kier molecular flexibility index (Phi) is 6.35. The van der Waals surface area contributed by atoms with E-state index >= 15 is 0 Å². The predicted molar refractivity (Wildman–Crippen MR) is 120 cm³/mol. The molecular formula is C26H28ClSiZr. The number of halogens is 1. The second kappa shape index (κ2) is 8.66. The topological polar surface area (TPSA) is 0 Å². The van der Waals surface area contributed by atoms with Crippen molar-refractivity contribution in [1.82, 2.24) is 0 Å². The maximum Gasteiger partial charge on any atom is -1.00 e. The van der Waals surface area contributed by atoms with Gasteiger partial charge in [0.25, 0.3) is 0 Å². The van der Waals surface area contributed by atoms with Gasteiger partial charge in [-0.15, -0.1) is 0 Å². The number of allylic oxidation sites excluding steroid dienone is 5. The SMILES string of the molecule is CC1=Cc2c(cc3c(c2-c2ccccc2)CCC3)[CH]1[Zr+]([CH]1C=CC=C1)=[Si](C)C.[Cl-]. The molecule has 0 radical (unpaired) electrons. The predicted octanol–water partition coefficient (Wildman–Crippen LogP) is 4.09. The van der Waals surface area contributed by atoms with Crippen molar-refractivity contribution in [2.45, 2.75) is 46.5 Å². The number of hydrogen-bond acceptors (Lipinski definition) is 0. The van der Waals surface area contributed by atoms with Gasteiger partial charge in [-0.2, -0.15) is 0 Å². The molecule has 5 rings (SSSR count). The molecule has 3 aliphatic carbocycles. The van der Waals surface area contributed by atoms with Gasteiger partial charge in [0, 0.05) is 0 Å². The van der Waals surface area contributed by atoms with Crippen molar-refractivity contribution in [3.63, 3.8) is 0 Å². The number of hydrogen-bond donors (Lipinski definition) is 0. The summed E-state index contributed by atoms with van der Waals surface area (Å²) < 4.78 is 1.56. The minimum atomic E-state index is -1.70. The van der Waals surface area contributed by atoms with Crippen LogP contribution >= 0.6 is 0 Å². The fourth-order valence-corrected chi connectivity index (χ4v) is 24.7. The molecule has 0 saturated carbocycles. The summed E-state index contributed by atoms with van der Waals surface area (Å²) in [6.07, 6.45) is 16.0. The van der Waals surface area contributed by atoms with Gasteiger partial charge >= 0.3 is 178 Å². The third-order valence-electron chi connectivity index (χ3n) is 6.67. The standard InChI is InChI=1S/C19H17.C5H5.C2H6Si.ClH.Zr/c1-13-10-16-12-15-8-5-9-17(15)19(18(16)11-13)14-6-3-2-4-7-14;1-2-4-5-3-1;1-3-2;;/h2-4,6-7,10-12H,5,8-9H2,1H3;1-5H;1-2H3;1H;/q;;;;+1/p-1. The van der Waals surface area contributed by atoms with Crippen molar-refractivity contribution in [2.75, 3.05) is 0 Å². The molecule has 0 amide bonds. The summed E-state index contributed by atoms with van der Waals surface area (Å²) in [6.45, 7) is 7.62. The smallest absolute Gasteiger partial charge is 1.00 e. The Morgan fingerprint density at radius 3 is 2.41 bits per heavy atom. The third-order valence-corrected chi connectivity index (χ3v) is 26.1. The molecule has 0 aromatic heterocycles. The molecule has 1 atom stereocenters. The Hall–Kier alpha value is -0.950. The quantitative estimate of drug-likeness (QED) is 0.564. The molecule has 2 aromatic rings. The van der Waals surface area contributed by atoms with Gasteiger partial charge in [-0.1, -0.05) is 0 Å². The van der Waals surface area contributed by atoms with E-state index in [0.717, 1.165) is 7.25 Å². The molecule has 0 aliphatic heterocycles. The third kappa shape index (κ3) is 3.67. The van der Waals surface area contributed by atoms with E-state index in [9.17, 15) is 0 Å². The summed E-state index contributed by atoms with van der Waals surface area (Å²) in [7, 11) is 0. The minimum Gasteiger partial charge on any atom is -1.00 e. The van der Waals surface area contributed by atoms with Gasteiger partial charge in [0.2, 0.25) is 0 Å². The molecule has 0 bridgehead atoms. The van der Waals surface area contributed by atoms with E-state index < -0.39 is 20.4 Å². The van der Waals surface area contributed by atoms with Gasteiger partial charge in [0.1, 0.15) is 0 Å². The summed E-state index contributed by atoms with van der Waals surface area (Å²) >= 11 is -1.70. The number of benzene rings is 2. The van der Waals surface area contributed by atoms with E-state index in [1.165, 1.54) is 24.8 Å². The van der Waals surface area contributed by atoms with Crippen LogP contribution in [0.1, 0.15) is 39.2 Å². The Labute approximate surface area is 189 Å². The van der Waals surface area contributed by atoms with Crippen molar-refractivity contribution in [2.24, 2.45) is 0 Å². The second-order valence-corrected chi connectivity index (χ2v) is 26.8. The molecule has 0 spiro atoms. The van der Waals surface area contributed by atoms with Crippen LogP contribution in [0.25, 0.3) is 17.2 Å². The van der Waals surface area contributed by atoms with Crippen molar-refractivity contribution >= 4 is 11.5 Å². The van der Waals surface area contributed by atoms with Crippen LogP contribution in [0.2, 0.25) is 16.7 Å². The molecule has 147 valence electrons. The maximum absolute atomic E-state index is 2.65. The average molecular weight is 495 g/mol. The fraction of sp³-hybridized carbons (Fsp3) is 0.308. The van der Waals surface area contributed by atoms with E-state index in [4.69, 9.17) is 0 Å². The van der Waals surface area contributed by atoms with Gasteiger partial charge in [0.05, 0.1) is 0 Å². The first-order chi connectivity index (χ1) is 13.6. The Morgan fingerprint density at radius 2 is 1.72 bits per heavy atom.